The Morgan fingerprint density at radius 3 is 0.536 bits per heavy atom. The number of hydrogen-bond acceptors (Lipinski definition) is 0. The Hall–Kier alpha value is -0.425. The summed E-state index contributed by atoms with van der Waals surface area (Å²) >= 11 is 0. The van der Waals surface area contributed by atoms with Gasteiger partial charge in [0.2, 0.25) is 0 Å². The van der Waals surface area contributed by atoms with E-state index in [9.17, 15) is 65.0 Å². The lowest BCUT2D eigenvalue weighted by molar-refractivity contribution is 0.00818. The average Bonchev–Trinajstić information content (AvgIpc) is 2.35. The Morgan fingerprint density at radius 2 is 0.536 bits per heavy atom. The minimum absolute atomic E-state index is 0.420. The molecule has 0 aromatic heterocycles. The fourth-order valence-electron chi connectivity index (χ4n) is 1.34. The molecule has 0 aliphatic heterocycles. The second-order valence-electron chi connectivity index (χ2n) is 4.34. The van der Waals surface area contributed by atoms with Crippen molar-refractivity contribution in [2.45, 2.75) is 34.4 Å². The van der Waals surface area contributed by atoms with Crippen LogP contribution in [0, 0.1) is 0 Å². The second-order valence-corrected chi connectivity index (χ2v) is 9.55. The molecule has 0 saturated carbocycles. The SMILES string of the molecule is CC[P+](CC)(CC)CC.FC(F)F.F[B-](F)(F)F.F[B-](F)(F)F.F[B-](F)(F)F. The summed E-state index contributed by atoms with van der Waals surface area (Å²) in [4.78, 5) is 0. The first-order chi connectivity index (χ1) is 12.0. The van der Waals surface area contributed by atoms with E-state index in [1.807, 2.05) is 0 Å². The summed E-state index contributed by atoms with van der Waals surface area (Å²) in [7, 11) is -18.4. The van der Waals surface area contributed by atoms with Crippen LogP contribution in [0.15, 0.2) is 0 Å². The minimum atomic E-state index is -6.00. The van der Waals surface area contributed by atoms with Gasteiger partial charge in [-0.05, 0) is 27.7 Å². The highest BCUT2D eigenvalue weighted by Gasteiger charge is 2.27. The molecular weight excluding hydrogens is 456 g/mol. The third-order valence-electron chi connectivity index (χ3n) is 2.68. The lowest BCUT2D eigenvalue weighted by Gasteiger charge is -2.20. The van der Waals surface area contributed by atoms with Crippen molar-refractivity contribution >= 4 is 29.0 Å². The standard InChI is InChI=1S/C8H20P.CHF3.3BF4/c1-5-9(6-2,7-3)8-4;2-1(3)4;3*2-1(3,4)5/h5-8H2,1-4H3;1H;;;/q+1;;3*-1. The van der Waals surface area contributed by atoms with Crippen LogP contribution >= 0.6 is 7.26 Å². The predicted molar refractivity (Wildman–Crippen MR) is 86.8 cm³/mol. The normalized spacial score (nSPS) is 11.6. The van der Waals surface area contributed by atoms with Gasteiger partial charge in [0.15, 0.2) is 0 Å². The molecule has 19 heteroatoms. The summed E-state index contributed by atoms with van der Waals surface area (Å²) in [5, 5.41) is 0. The van der Waals surface area contributed by atoms with Gasteiger partial charge in [0.05, 0.1) is 24.6 Å². The van der Waals surface area contributed by atoms with Crippen molar-refractivity contribution in [1.82, 2.24) is 0 Å². The van der Waals surface area contributed by atoms with Crippen LogP contribution in [0.4, 0.5) is 65.0 Å². The molecule has 0 heterocycles. The summed E-state index contributed by atoms with van der Waals surface area (Å²) in [6, 6.07) is 0. The Labute approximate surface area is 154 Å². The smallest absolute Gasteiger partial charge is 0.418 e. The predicted octanol–water partition coefficient (Wildman–Crippen LogP) is 8.16. The molecule has 0 radical (unpaired) electrons. The Balaban J connectivity index is -0.0000000819. The molecule has 0 nitrogen and oxygen atoms in total. The Bertz CT molecular complexity index is 247. The molecule has 0 aromatic rings. The molecule has 0 amide bonds. The molecule has 0 aliphatic rings. The molecule has 0 fully saturated rings. The highest BCUT2D eigenvalue weighted by atomic mass is 31.2. The molecule has 0 spiro atoms. The maximum atomic E-state index is 9.75. The van der Waals surface area contributed by atoms with Gasteiger partial charge in [-0.3, -0.25) is 0 Å². The molecule has 0 N–H and O–H groups in total. The fourth-order valence-corrected chi connectivity index (χ4v) is 4.02. The molecule has 0 aromatic carbocycles. The van der Waals surface area contributed by atoms with E-state index < -0.39 is 35.7 Å². The fraction of sp³-hybridized carbons (Fsp3) is 1.00. The van der Waals surface area contributed by atoms with Gasteiger partial charge < -0.3 is 51.8 Å². The summed E-state index contributed by atoms with van der Waals surface area (Å²) in [6.07, 6.45) is 5.82. The molecular formula is C9H21B3F15P-2. The topological polar surface area (TPSA) is 0 Å². The zero-order valence-electron chi connectivity index (χ0n) is 15.3. The lowest BCUT2D eigenvalue weighted by Crippen LogP contribution is -2.04. The molecule has 0 bridgehead atoms. The average molecular weight is 478 g/mol. The van der Waals surface area contributed by atoms with Crippen LogP contribution in [-0.2, 0) is 0 Å². The largest absolute Gasteiger partial charge is 0.673 e. The first kappa shape index (κ1) is 38.2. The summed E-state index contributed by atoms with van der Waals surface area (Å²) < 4.78 is 146. The highest BCUT2D eigenvalue weighted by Crippen LogP contribution is 2.57. The first-order valence-electron chi connectivity index (χ1n) is 7.37. The maximum Gasteiger partial charge on any atom is 0.673 e. The zero-order valence-corrected chi connectivity index (χ0v) is 16.1. The third-order valence-corrected chi connectivity index (χ3v) is 8.05. The van der Waals surface area contributed by atoms with E-state index in [4.69, 9.17) is 0 Å². The van der Waals surface area contributed by atoms with Gasteiger partial charge in [0.1, 0.15) is 0 Å². The molecule has 0 atom stereocenters. The van der Waals surface area contributed by atoms with E-state index in [1.165, 1.54) is 24.6 Å². The third kappa shape index (κ3) is 115. The van der Waals surface area contributed by atoms with Crippen LogP contribution < -0.4 is 0 Å². The second kappa shape index (κ2) is 18.6. The van der Waals surface area contributed by atoms with Crippen molar-refractivity contribution in [3.05, 3.63) is 0 Å². The molecule has 0 rings (SSSR count). The summed E-state index contributed by atoms with van der Waals surface area (Å²) in [5.41, 5.74) is 0. The van der Waals surface area contributed by atoms with E-state index in [1.54, 1.807) is 0 Å². The molecule has 0 unspecified atom stereocenters. The number of halogens is 15. The quantitative estimate of drug-likeness (QED) is 0.218. The Kier molecular flexibility index (Phi) is 25.4. The molecule has 0 aliphatic carbocycles. The van der Waals surface area contributed by atoms with Crippen molar-refractivity contribution in [3.8, 4) is 0 Å². The monoisotopic (exact) mass is 478 g/mol. The number of alkyl halides is 3. The van der Waals surface area contributed by atoms with Crippen molar-refractivity contribution in [3.63, 3.8) is 0 Å². The first-order valence-corrected chi connectivity index (χ1v) is 9.90. The lowest BCUT2D eigenvalue weighted by atomic mass is 10.3. The van der Waals surface area contributed by atoms with Gasteiger partial charge in [-0.15, -0.1) is 0 Å². The van der Waals surface area contributed by atoms with Gasteiger partial charge in [0.25, 0.3) is 0 Å². The van der Waals surface area contributed by atoms with Gasteiger partial charge in [-0.1, -0.05) is 0 Å². The van der Waals surface area contributed by atoms with Crippen LogP contribution in [-0.4, -0.2) is 53.1 Å². The maximum absolute atomic E-state index is 9.75. The van der Waals surface area contributed by atoms with Crippen LogP contribution in [0.3, 0.4) is 0 Å². The van der Waals surface area contributed by atoms with Crippen LogP contribution in [0.5, 0.6) is 0 Å². The van der Waals surface area contributed by atoms with Gasteiger partial charge >= 0.3 is 28.4 Å². The zero-order chi connectivity index (χ0) is 24.4. The van der Waals surface area contributed by atoms with Gasteiger partial charge in [-0.25, -0.2) is 0 Å². The summed E-state index contributed by atoms with van der Waals surface area (Å²) in [6.45, 7) is 5.74. The van der Waals surface area contributed by atoms with Crippen LogP contribution in [0.2, 0.25) is 0 Å². The van der Waals surface area contributed by atoms with Gasteiger partial charge in [0, 0.05) is 7.26 Å². The van der Waals surface area contributed by atoms with Crippen molar-refractivity contribution in [1.29, 1.82) is 0 Å². The van der Waals surface area contributed by atoms with Crippen molar-refractivity contribution < 1.29 is 65.0 Å². The summed E-state index contributed by atoms with van der Waals surface area (Å²) in [5.74, 6) is 0. The van der Waals surface area contributed by atoms with E-state index in [0.717, 1.165) is 0 Å². The molecule has 178 valence electrons. The Morgan fingerprint density at radius 1 is 0.464 bits per heavy atom. The number of rotatable bonds is 4. The van der Waals surface area contributed by atoms with E-state index >= 15 is 0 Å². The van der Waals surface area contributed by atoms with Crippen LogP contribution in [0.1, 0.15) is 27.7 Å². The number of hydrogen-bond donors (Lipinski definition) is 0. The van der Waals surface area contributed by atoms with E-state index in [2.05, 4.69) is 27.7 Å². The van der Waals surface area contributed by atoms with E-state index in [0.29, 0.717) is 0 Å². The van der Waals surface area contributed by atoms with Crippen molar-refractivity contribution in [2.24, 2.45) is 0 Å². The minimum Gasteiger partial charge on any atom is -0.418 e. The van der Waals surface area contributed by atoms with Crippen LogP contribution in [0.25, 0.3) is 0 Å². The van der Waals surface area contributed by atoms with Gasteiger partial charge in [-0.2, -0.15) is 13.2 Å². The molecule has 28 heavy (non-hydrogen) atoms. The van der Waals surface area contributed by atoms with Crippen molar-refractivity contribution in [2.75, 3.05) is 24.6 Å². The van der Waals surface area contributed by atoms with E-state index in [-0.39, 0.29) is 0 Å². The highest BCUT2D eigenvalue weighted by molar-refractivity contribution is 7.75. The molecule has 0 saturated heterocycles.